The van der Waals surface area contributed by atoms with Crippen molar-refractivity contribution in [2.45, 2.75) is 64.5 Å². The maximum Gasteiger partial charge on any atom is 0.253 e. The summed E-state index contributed by atoms with van der Waals surface area (Å²) in [7, 11) is 1.87. The third kappa shape index (κ3) is 6.91. The Labute approximate surface area is 196 Å². The van der Waals surface area contributed by atoms with Crippen molar-refractivity contribution in [2.75, 3.05) is 12.4 Å². The molecule has 2 aromatic rings. The molecule has 6 nitrogen and oxygen atoms in total. The van der Waals surface area contributed by atoms with Crippen LogP contribution in [0.2, 0.25) is 0 Å². The van der Waals surface area contributed by atoms with Gasteiger partial charge in [-0.1, -0.05) is 63.4 Å². The maximum atomic E-state index is 13.1. The Morgan fingerprint density at radius 2 is 1.58 bits per heavy atom. The van der Waals surface area contributed by atoms with Gasteiger partial charge in [0.1, 0.15) is 6.04 Å². The van der Waals surface area contributed by atoms with Crippen LogP contribution in [0.5, 0.6) is 0 Å². The molecule has 1 aliphatic carbocycles. The molecule has 0 heterocycles. The van der Waals surface area contributed by atoms with Crippen molar-refractivity contribution < 1.29 is 14.4 Å². The van der Waals surface area contributed by atoms with E-state index in [9.17, 15) is 14.4 Å². The van der Waals surface area contributed by atoms with E-state index in [1.54, 1.807) is 24.3 Å². The highest BCUT2D eigenvalue weighted by molar-refractivity contribution is 5.99. The van der Waals surface area contributed by atoms with Crippen LogP contribution in [0.25, 0.3) is 0 Å². The van der Waals surface area contributed by atoms with Gasteiger partial charge >= 0.3 is 0 Å². The average Bonchev–Trinajstić information content (AvgIpc) is 2.82. The van der Waals surface area contributed by atoms with Crippen LogP contribution < -0.4 is 10.6 Å². The van der Waals surface area contributed by atoms with Crippen LogP contribution in [-0.4, -0.2) is 35.7 Å². The Morgan fingerprint density at radius 1 is 0.939 bits per heavy atom. The number of amides is 3. The van der Waals surface area contributed by atoms with Crippen molar-refractivity contribution in [1.82, 2.24) is 10.2 Å². The molecule has 1 atom stereocenters. The third-order valence-corrected chi connectivity index (χ3v) is 6.14. The van der Waals surface area contributed by atoms with Gasteiger partial charge in [0, 0.05) is 30.8 Å². The van der Waals surface area contributed by atoms with E-state index >= 15 is 0 Å². The topological polar surface area (TPSA) is 78.5 Å². The number of rotatable bonds is 8. The van der Waals surface area contributed by atoms with Gasteiger partial charge in [-0.05, 0) is 48.6 Å². The lowest BCUT2D eigenvalue weighted by Gasteiger charge is -2.31. The Morgan fingerprint density at radius 3 is 2.18 bits per heavy atom. The van der Waals surface area contributed by atoms with E-state index in [-0.39, 0.29) is 23.6 Å². The van der Waals surface area contributed by atoms with Crippen molar-refractivity contribution in [2.24, 2.45) is 5.92 Å². The van der Waals surface area contributed by atoms with Gasteiger partial charge in [0.15, 0.2) is 0 Å². The lowest BCUT2D eigenvalue weighted by Crippen LogP contribution is -2.38. The minimum absolute atomic E-state index is 0.00267. The molecule has 1 saturated carbocycles. The zero-order valence-corrected chi connectivity index (χ0v) is 19.8. The zero-order valence-electron chi connectivity index (χ0n) is 19.8. The Balaban J connectivity index is 1.67. The van der Waals surface area contributed by atoms with Crippen LogP contribution in [0.4, 0.5) is 5.69 Å². The molecule has 1 fully saturated rings. The molecule has 0 saturated heterocycles. The highest BCUT2D eigenvalue weighted by Crippen LogP contribution is 2.23. The standard InChI is InChI=1S/C27H35N3O3/c1-19(2)18-24(31)29-25(20-10-6-4-7-11-20)26(32)28-22-16-14-21(15-17-22)27(33)30(3)23-12-8-5-9-13-23/h4,6-7,10-11,14-17,19,23,25H,5,8-9,12-13,18H2,1-3H3,(H,28,32)(H,29,31). The molecular weight excluding hydrogens is 414 g/mol. The van der Waals surface area contributed by atoms with Crippen molar-refractivity contribution in [1.29, 1.82) is 0 Å². The smallest absolute Gasteiger partial charge is 0.253 e. The Bertz CT molecular complexity index is 935. The summed E-state index contributed by atoms with van der Waals surface area (Å²) in [6, 6.07) is 15.7. The third-order valence-electron chi connectivity index (χ3n) is 6.14. The van der Waals surface area contributed by atoms with Crippen LogP contribution in [0, 0.1) is 5.92 Å². The Hall–Kier alpha value is -3.15. The summed E-state index contributed by atoms with van der Waals surface area (Å²) in [5.41, 5.74) is 1.90. The molecule has 176 valence electrons. The largest absolute Gasteiger partial charge is 0.341 e. The molecule has 1 unspecified atom stereocenters. The van der Waals surface area contributed by atoms with E-state index in [0.717, 1.165) is 12.8 Å². The maximum absolute atomic E-state index is 13.1. The number of benzene rings is 2. The fourth-order valence-electron chi connectivity index (χ4n) is 4.28. The molecule has 33 heavy (non-hydrogen) atoms. The second kappa shape index (κ2) is 11.6. The summed E-state index contributed by atoms with van der Waals surface area (Å²) in [5, 5.41) is 5.73. The van der Waals surface area contributed by atoms with Gasteiger partial charge in [0.25, 0.3) is 11.8 Å². The monoisotopic (exact) mass is 449 g/mol. The van der Waals surface area contributed by atoms with Crippen LogP contribution in [-0.2, 0) is 9.59 Å². The summed E-state index contributed by atoms with van der Waals surface area (Å²) < 4.78 is 0. The minimum atomic E-state index is -0.795. The van der Waals surface area contributed by atoms with E-state index in [1.807, 2.05) is 56.1 Å². The number of nitrogens with zero attached hydrogens (tertiary/aromatic N) is 1. The summed E-state index contributed by atoms with van der Waals surface area (Å²) in [4.78, 5) is 40.2. The van der Waals surface area contributed by atoms with Crippen molar-refractivity contribution >= 4 is 23.4 Å². The zero-order chi connectivity index (χ0) is 23.8. The van der Waals surface area contributed by atoms with Gasteiger partial charge < -0.3 is 15.5 Å². The van der Waals surface area contributed by atoms with E-state index in [0.29, 0.717) is 29.3 Å². The molecule has 2 N–H and O–H groups in total. The fraction of sp³-hybridized carbons (Fsp3) is 0.444. The SMILES string of the molecule is CC(C)CC(=O)NC(C(=O)Nc1ccc(C(=O)N(C)C2CCCCC2)cc1)c1ccccc1. The first-order valence-electron chi connectivity index (χ1n) is 11.9. The molecule has 0 bridgehead atoms. The molecule has 3 rings (SSSR count). The summed E-state index contributed by atoms with van der Waals surface area (Å²) in [6.45, 7) is 3.93. The molecule has 6 heteroatoms. The van der Waals surface area contributed by atoms with E-state index in [1.165, 1.54) is 19.3 Å². The number of carbonyl (C=O) groups is 3. The molecular formula is C27H35N3O3. The average molecular weight is 450 g/mol. The van der Waals surface area contributed by atoms with Gasteiger partial charge in [0.2, 0.25) is 5.91 Å². The van der Waals surface area contributed by atoms with Gasteiger partial charge in [-0.25, -0.2) is 0 Å². The Kier molecular flexibility index (Phi) is 8.64. The van der Waals surface area contributed by atoms with E-state index in [2.05, 4.69) is 10.6 Å². The number of hydrogen-bond acceptors (Lipinski definition) is 3. The first-order valence-corrected chi connectivity index (χ1v) is 11.9. The van der Waals surface area contributed by atoms with Crippen molar-refractivity contribution in [3.63, 3.8) is 0 Å². The first-order chi connectivity index (χ1) is 15.8. The number of carbonyl (C=O) groups excluding carboxylic acids is 3. The fourth-order valence-corrected chi connectivity index (χ4v) is 4.28. The molecule has 0 spiro atoms. The summed E-state index contributed by atoms with van der Waals surface area (Å²) >= 11 is 0. The van der Waals surface area contributed by atoms with Crippen LogP contribution in [0.1, 0.15) is 74.3 Å². The lowest BCUT2D eigenvalue weighted by atomic mass is 9.94. The van der Waals surface area contributed by atoms with Gasteiger partial charge in [-0.3, -0.25) is 14.4 Å². The van der Waals surface area contributed by atoms with Crippen LogP contribution in [0.15, 0.2) is 54.6 Å². The number of nitrogens with one attached hydrogen (secondary N) is 2. The normalized spacial score (nSPS) is 15.0. The molecule has 0 radical (unpaired) electrons. The summed E-state index contributed by atoms with van der Waals surface area (Å²) in [5.74, 6) is -0.290. The van der Waals surface area contributed by atoms with Crippen molar-refractivity contribution in [3.8, 4) is 0 Å². The second-order valence-electron chi connectivity index (χ2n) is 9.28. The lowest BCUT2D eigenvalue weighted by molar-refractivity contribution is -0.127. The van der Waals surface area contributed by atoms with E-state index in [4.69, 9.17) is 0 Å². The van der Waals surface area contributed by atoms with Gasteiger partial charge in [0.05, 0.1) is 0 Å². The predicted molar refractivity (Wildman–Crippen MR) is 131 cm³/mol. The van der Waals surface area contributed by atoms with E-state index < -0.39 is 6.04 Å². The second-order valence-corrected chi connectivity index (χ2v) is 9.28. The predicted octanol–water partition coefficient (Wildman–Crippen LogP) is 4.93. The highest BCUT2D eigenvalue weighted by Gasteiger charge is 2.25. The molecule has 0 aromatic heterocycles. The molecule has 3 amide bonds. The number of anilines is 1. The van der Waals surface area contributed by atoms with Gasteiger partial charge in [-0.15, -0.1) is 0 Å². The molecule has 2 aromatic carbocycles. The van der Waals surface area contributed by atoms with Crippen LogP contribution >= 0.6 is 0 Å². The number of hydrogen-bond donors (Lipinski definition) is 2. The quantitative estimate of drug-likeness (QED) is 0.600. The van der Waals surface area contributed by atoms with Crippen LogP contribution in [0.3, 0.4) is 0 Å². The first kappa shape index (κ1) is 24.5. The minimum Gasteiger partial charge on any atom is -0.341 e. The van der Waals surface area contributed by atoms with Gasteiger partial charge in [-0.2, -0.15) is 0 Å². The molecule has 0 aliphatic heterocycles. The molecule has 1 aliphatic rings. The van der Waals surface area contributed by atoms with Crippen molar-refractivity contribution in [3.05, 3.63) is 65.7 Å². The highest BCUT2D eigenvalue weighted by atomic mass is 16.2. The summed E-state index contributed by atoms with van der Waals surface area (Å²) in [6.07, 6.45) is 6.05.